The molecule has 21 heavy (non-hydrogen) atoms. The summed E-state index contributed by atoms with van der Waals surface area (Å²) >= 11 is 0. The molecule has 2 N–H and O–H groups in total. The Morgan fingerprint density at radius 2 is 1.95 bits per heavy atom. The molecule has 0 heterocycles. The van der Waals surface area contributed by atoms with Gasteiger partial charge in [-0.05, 0) is 25.3 Å². The first-order valence-corrected chi connectivity index (χ1v) is 8.18. The van der Waals surface area contributed by atoms with E-state index in [0.717, 1.165) is 5.56 Å². The Morgan fingerprint density at radius 1 is 1.33 bits per heavy atom. The molecule has 0 aliphatic carbocycles. The number of rotatable bonds is 9. The predicted octanol–water partition coefficient (Wildman–Crippen LogP) is 1.03. The summed E-state index contributed by atoms with van der Waals surface area (Å²) in [5.41, 5.74) is 0.761. The van der Waals surface area contributed by atoms with E-state index in [1.54, 1.807) is 24.3 Å². The average molecular weight is 315 g/mol. The van der Waals surface area contributed by atoms with Gasteiger partial charge >= 0.3 is 5.97 Å². The first-order valence-electron chi connectivity index (χ1n) is 6.63. The molecule has 2 atom stereocenters. The molecule has 0 aromatic heterocycles. The smallest absolute Gasteiger partial charge is 0.322 e. The Labute approximate surface area is 125 Å². The first-order chi connectivity index (χ1) is 9.86. The van der Waals surface area contributed by atoms with Crippen molar-refractivity contribution in [2.24, 2.45) is 0 Å². The fourth-order valence-corrected chi connectivity index (χ4v) is 3.00. The average Bonchev–Trinajstić information content (AvgIpc) is 2.44. The second-order valence-corrected chi connectivity index (χ2v) is 6.97. The molecule has 0 amide bonds. The van der Waals surface area contributed by atoms with Gasteiger partial charge in [-0.25, -0.2) is 13.1 Å². The van der Waals surface area contributed by atoms with Crippen LogP contribution in [0.2, 0.25) is 0 Å². The molecule has 6 nitrogen and oxygen atoms in total. The third-order valence-electron chi connectivity index (χ3n) is 3.15. The van der Waals surface area contributed by atoms with Gasteiger partial charge in [-0.15, -0.1) is 0 Å². The second-order valence-electron chi connectivity index (χ2n) is 4.84. The highest BCUT2D eigenvalue weighted by Gasteiger charge is 2.28. The summed E-state index contributed by atoms with van der Waals surface area (Å²) in [6, 6.07) is 7.73. The molecule has 0 saturated carbocycles. The van der Waals surface area contributed by atoms with E-state index >= 15 is 0 Å². The van der Waals surface area contributed by atoms with Crippen LogP contribution in [0.1, 0.15) is 18.9 Å². The largest absolute Gasteiger partial charge is 0.480 e. The van der Waals surface area contributed by atoms with Crippen molar-refractivity contribution in [3.05, 3.63) is 35.9 Å². The summed E-state index contributed by atoms with van der Waals surface area (Å²) in [5, 5.41) is 8.49. The van der Waals surface area contributed by atoms with Crippen molar-refractivity contribution >= 4 is 16.0 Å². The molecule has 0 aliphatic heterocycles. The molecule has 1 rings (SSSR count). The number of methoxy groups -OCH3 is 1. The predicted molar refractivity (Wildman–Crippen MR) is 79.6 cm³/mol. The number of carboxylic acid groups (broad SMARTS) is 1. The summed E-state index contributed by atoms with van der Waals surface area (Å²) in [4.78, 5) is 11.3. The zero-order valence-corrected chi connectivity index (χ0v) is 13.0. The molecule has 0 fully saturated rings. The van der Waals surface area contributed by atoms with Crippen LogP contribution in [0.5, 0.6) is 0 Å². The van der Waals surface area contributed by atoms with Crippen LogP contribution >= 0.6 is 0 Å². The molecule has 1 unspecified atom stereocenters. The maximum absolute atomic E-state index is 12.1. The third-order valence-corrected chi connectivity index (χ3v) is 5.05. The highest BCUT2D eigenvalue weighted by molar-refractivity contribution is 7.90. The van der Waals surface area contributed by atoms with Crippen LogP contribution in [-0.4, -0.2) is 44.5 Å². The lowest BCUT2D eigenvalue weighted by molar-refractivity contribution is -0.138. The lowest BCUT2D eigenvalue weighted by Crippen LogP contribution is -2.45. The molecule has 0 radical (unpaired) electrons. The van der Waals surface area contributed by atoms with E-state index in [0.29, 0.717) is 13.0 Å². The van der Waals surface area contributed by atoms with Crippen molar-refractivity contribution in [3.8, 4) is 0 Å². The zero-order valence-electron chi connectivity index (χ0n) is 12.2. The number of hydrogen-bond donors (Lipinski definition) is 2. The summed E-state index contributed by atoms with van der Waals surface area (Å²) < 4.78 is 31.3. The second kappa shape index (κ2) is 8.11. The van der Waals surface area contributed by atoms with Crippen molar-refractivity contribution in [3.63, 3.8) is 0 Å². The number of carboxylic acids is 1. The van der Waals surface area contributed by atoms with Gasteiger partial charge in [0.2, 0.25) is 10.0 Å². The number of sulfonamides is 1. The van der Waals surface area contributed by atoms with Crippen LogP contribution < -0.4 is 4.72 Å². The standard InChI is InChI=1S/C14H21NO5S/c1-11(8-9-20-2)21(18,19)15-13(14(16)17)10-12-6-4-3-5-7-12/h3-7,11,13,15H,8-10H2,1-2H3,(H,16,17)/t11?,13-/m0/s1. The molecule has 118 valence electrons. The lowest BCUT2D eigenvalue weighted by Gasteiger charge is -2.18. The van der Waals surface area contributed by atoms with Gasteiger partial charge in [0, 0.05) is 13.7 Å². The van der Waals surface area contributed by atoms with E-state index in [1.165, 1.54) is 14.0 Å². The van der Waals surface area contributed by atoms with Gasteiger partial charge in [-0.3, -0.25) is 4.79 Å². The van der Waals surface area contributed by atoms with Crippen molar-refractivity contribution in [1.82, 2.24) is 4.72 Å². The molecule has 1 aromatic rings. The highest BCUT2D eigenvalue weighted by atomic mass is 32.2. The summed E-state index contributed by atoms with van der Waals surface area (Å²) in [6.07, 6.45) is 0.413. The Hall–Kier alpha value is -1.44. The van der Waals surface area contributed by atoms with E-state index in [1.807, 2.05) is 6.07 Å². The molecule has 7 heteroatoms. The minimum Gasteiger partial charge on any atom is -0.480 e. The fraction of sp³-hybridized carbons (Fsp3) is 0.500. The van der Waals surface area contributed by atoms with Crippen LogP contribution in [0.4, 0.5) is 0 Å². The number of aliphatic carboxylic acids is 1. The van der Waals surface area contributed by atoms with Crippen LogP contribution in [0, 0.1) is 0 Å². The molecule has 0 saturated heterocycles. The zero-order chi connectivity index (χ0) is 15.9. The maximum atomic E-state index is 12.1. The third kappa shape index (κ3) is 5.82. The van der Waals surface area contributed by atoms with E-state index in [-0.39, 0.29) is 6.42 Å². The monoisotopic (exact) mass is 315 g/mol. The molecule has 0 bridgehead atoms. The van der Waals surface area contributed by atoms with Crippen LogP contribution in [0.25, 0.3) is 0 Å². The van der Waals surface area contributed by atoms with Gasteiger partial charge in [0.15, 0.2) is 0 Å². The van der Waals surface area contributed by atoms with Gasteiger partial charge in [0.25, 0.3) is 0 Å². The first kappa shape index (κ1) is 17.6. The van der Waals surface area contributed by atoms with Crippen LogP contribution in [-0.2, 0) is 26.0 Å². The Balaban J connectivity index is 2.76. The van der Waals surface area contributed by atoms with E-state index in [4.69, 9.17) is 4.74 Å². The molecule has 1 aromatic carbocycles. The topological polar surface area (TPSA) is 92.7 Å². The Bertz CT molecular complexity index is 544. The molecular weight excluding hydrogens is 294 g/mol. The lowest BCUT2D eigenvalue weighted by atomic mass is 10.1. The van der Waals surface area contributed by atoms with Gasteiger partial charge in [-0.1, -0.05) is 30.3 Å². The Morgan fingerprint density at radius 3 is 2.48 bits per heavy atom. The highest BCUT2D eigenvalue weighted by Crippen LogP contribution is 2.09. The SMILES string of the molecule is COCCC(C)S(=O)(=O)N[C@@H](Cc1ccccc1)C(=O)O. The number of benzene rings is 1. The van der Waals surface area contributed by atoms with Gasteiger partial charge in [0.1, 0.15) is 6.04 Å². The fourth-order valence-electron chi connectivity index (χ4n) is 1.78. The van der Waals surface area contributed by atoms with Crippen LogP contribution in [0.15, 0.2) is 30.3 Å². The number of nitrogens with one attached hydrogen (secondary N) is 1. The van der Waals surface area contributed by atoms with E-state index in [9.17, 15) is 18.3 Å². The number of hydrogen-bond acceptors (Lipinski definition) is 4. The number of ether oxygens (including phenoxy) is 1. The van der Waals surface area contributed by atoms with Gasteiger partial charge in [0.05, 0.1) is 5.25 Å². The maximum Gasteiger partial charge on any atom is 0.322 e. The van der Waals surface area contributed by atoms with Crippen LogP contribution in [0.3, 0.4) is 0 Å². The number of carbonyl (C=O) groups is 1. The van der Waals surface area contributed by atoms with E-state index in [2.05, 4.69) is 4.72 Å². The molecular formula is C14H21NO5S. The summed E-state index contributed by atoms with van der Waals surface area (Å²) in [7, 11) is -2.22. The summed E-state index contributed by atoms with van der Waals surface area (Å²) in [6.45, 7) is 1.83. The molecule has 0 aliphatic rings. The Kier molecular flexibility index (Phi) is 6.80. The van der Waals surface area contributed by atoms with E-state index < -0.39 is 27.3 Å². The minimum atomic E-state index is -3.71. The summed E-state index contributed by atoms with van der Waals surface area (Å²) in [5.74, 6) is -1.19. The van der Waals surface area contributed by atoms with Crippen molar-refractivity contribution in [1.29, 1.82) is 0 Å². The normalized spacial score (nSPS) is 14.6. The van der Waals surface area contributed by atoms with Crippen molar-refractivity contribution < 1.29 is 23.1 Å². The molecule has 0 spiro atoms. The quantitative estimate of drug-likeness (QED) is 0.710. The minimum absolute atomic E-state index is 0.104. The van der Waals surface area contributed by atoms with Gasteiger partial charge < -0.3 is 9.84 Å². The van der Waals surface area contributed by atoms with Crippen molar-refractivity contribution in [2.45, 2.75) is 31.1 Å². The van der Waals surface area contributed by atoms with Crippen molar-refractivity contribution in [2.75, 3.05) is 13.7 Å². The van der Waals surface area contributed by atoms with Gasteiger partial charge in [-0.2, -0.15) is 0 Å².